The SMILES string of the molecule is Cc1oc(C2CCCCC2)nc1CCOc1ccc(Cc2oc(=O)n(C(c3ccccc3)(c3ccccc3)c3ccccc3)c2O)cc1. The summed E-state index contributed by atoms with van der Waals surface area (Å²) in [5.41, 5.74) is 3.11. The topological polar surface area (TPSA) is 90.6 Å². The molecule has 1 saturated carbocycles. The van der Waals surface area contributed by atoms with Crippen LogP contribution in [0.15, 0.2) is 129 Å². The van der Waals surface area contributed by atoms with Crippen LogP contribution >= 0.6 is 0 Å². The first kappa shape index (κ1) is 31.3. The van der Waals surface area contributed by atoms with Crippen molar-refractivity contribution < 1.29 is 18.7 Å². The molecule has 0 unspecified atom stereocenters. The Morgan fingerprint density at radius 2 is 1.35 bits per heavy atom. The molecule has 0 atom stereocenters. The van der Waals surface area contributed by atoms with Crippen molar-refractivity contribution in [3.63, 3.8) is 0 Å². The molecule has 0 spiro atoms. The summed E-state index contributed by atoms with van der Waals surface area (Å²) in [6.07, 6.45) is 6.99. The highest BCUT2D eigenvalue weighted by Gasteiger charge is 2.43. The minimum atomic E-state index is -1.18. The molecule has 4 aromatic carbocycles. The van der Waals surface area contributed by atoms with Crippen molar-refractivity contribution in [3.8, 4) is 11.6 Å². The number of aryl methyl sites for hydroxylation is 1. The third kappa shape index (κ3) is 6.08. The maximum absolute atomic E-state index is 13.8. The average Bonchev–Trinajstić information content (AvgIpc) is 3.65. The molecule has 2 heterocycles. The van der Waals surface area contributed by atoms with Crippen LogP contribution in [0.4, 0.5) is 0 Å². The maximum Gasteiger partial charge on any atom is 0.423 e. The second-order valence-corrected chi connectivity index (χ2v) is 12.6. The summed E-state index contributed by atoms with van der Waals surface area (Å²) in [7, 11) is 0. The number of benzene rings is 4. The lowest BCUT2D eigenvalue weighted by atomic mass is 9.76. The first-order valence-corrected chi connectivity index (χ1v) is 16.8. The molecule has 244 valence electrons. The van der Waals surface area contributed by atoms with Gasteiger partial charge in [-0.3, -0.25) is 0 Å². The highest BCUT2D eigenvalue weighted by molar-refractivity contribution is 5.52. The fourth-order valence-corrected chi connectivity index (χ4v) is 7.11. The van der Waals surface area contributed by atoms with Gasteiger partial charge < -0.3 is 18.7 Å². The summed E-state index contributed by atoms with van der Waals surface area (Å²) in [5, 5.41) is 11.8. The molecule has 1 aliphatic carbocycles. The highest BCUT2D eigenvalue weighted by atomic mass is 16.5. The van der Waals surface area contributed by atoms with E-state index in [9.17, 15) is 9.90 Å². The molecular formula is C41H40N2O5. The summed E-state index contributed by atoms with van der Waals surface area (Å²) in [5.74, 6) is 2.25. The number of ether oxygens (including phenoxy) is 1. The average molecular weight is 641 g/mol. The minimum Gasteiger partial charge on any atom is -0.493 e. The van der Waals surface area contributed by atoms with Crippen molar-refractivity contribution >= 4 is 0 Å². The largest absolute Gasteiger partial charge is 0.493 e. The van der Waals surface area contributed by atoms with Gasteiger partial charge in [0.1, 0.15) is 17.0 Å². The quantitative estimate of drug-likeness (QED) is 0.143. The molecule has 7 nitrogen and oxygen atoms in total. The van der Waals surface area contributed by atoms with E-state index in [-0.39, 0.29) is 18.1 Å². The molecule has 48 heavy (non-hydrogen) atoms. The monoisotopic (exact) mass is 640 g/mol. The van der Waals surface area contributed by atoms with Gasteiger partial charge in [-0.25, -0.2) is 14.3 Å². The summed E-state index contributed by atoms with van der Waals surface area (Å²) < 4.78 is 19.3. The molecule has 1 N–H and O–H groups in total. The first-order valence-electron chi connectivity index (χ1n) is 16.8. The lowest BCUT2D eigenvalue weighted by Crippen LogP contribution is -2.42. The Morgan fingerprint density at radius 3 is 1.92 bits per heavy atom. The first-order chi connectivity index (χ1) is 23.5. The lowest BCUT2D eigenvalue weighted by Gasteiger charge is -2.36. The third-order valence-corrected chi connectivity index (χ3v) is 9.52. The van der Waals surface area contributed by atoms with E-state index in [2.05, 4.69) is 0 Å². The number of aromatic nitrogens is 2. The van der Waals surface area contributed by atoms with Crippen LogP contribution in [0, 0.1) is 6.92 Å². The smallest absolute Gasteiger partial charge is 0.423 e. The zero-order chi connectivity index (χ0) is 32.9. The van der Waals surface area contributed by atoms with Crippen LogP contribution in [0.5, 0.6) is 11.6 Å². The number of hydrogen-bond acceptors (Lipinski definition) is 6. The molecule has 1 fully saturated rings. The molecule has 0 saturated heterocycles. The zero-order valence-electron chi connectivity index (χ0n) is 27.2. The predicted molar refractivity (Wildman–Crippen MR) is 185 cm³/mol. The predicted octanol–water partition coefficient (Wildman–Crippen LogP) is 8.54. The van der Waals surface area contributed by atoms with Crippen molar-refractivity contribution in [2.45, 2.75) is 63.3 Å². The third-order valence-electron chi connectivity index (χ3n) is 9.52. The minimum absolute atomic E-state index is 0.191. The van der Waals surface area contributed by atoms with Crippen LogP contribution in [-0.2, 0) is 18.4 Å². The Morgan fingerprint density at radius 1 is 0.792 bits per heavy atom. The van der Waals surface area contributed by atoms with Gasteiger partial charge >= 0.3 is 5.76 Å². The van der Waals surface area contributed by atoms with Gasteiger partial charge in [-0.1, -0.05) is 122 Å². The fraction of sp³-hybridized carbons (Fsp3) is 0.268. The second-order valence-electron chi connectivity index (χ2n) is 12.6. The van der Waals surface area contributed by atoms with E-state index in [0.717, 1.165) is 58.2 Å². The zero-order valence-corrected chi connectivity index (χ0v) is 27.2. The van der Waals surface area contributed by atoms with Crippen LogP contribution in [0.3, 0.4) is 0 Å². The summed E-state index contributed by atoms with van der Waals surface area (Å²) in [4.78, 5) is 18.6. The molecule has 2 aromatic heterocycles. The van der Waals surface area contributed by atoms with Crippen LogP contribution in [0.1, 0.15) is 83.4 Å². The molecule has 0 amide bonds. The summed E-state index contributed by atoms with van der Waals surface area (Å²) >= 11 is 0. The van der Waals surface area contributed by atoms with Crippen molar-refractivity contribution in [2.75, 3.05) is 6.61 Å². The van der Waals surface area contributed by atoms with Crippen LogP contribution in [-0.4, -0.2) is 21.3 Å². The summed E-state index contributed by atoms with van der Waals surface area (Å²) in [6, 6.07) is 36.9. The Kier molecular flexibility index (Phi) is 9.01. The van der Waals surface area contributed by atoms with E-state index in [1.54, 1.807) is 0 Å². The van der Waals surface area contributed by atoms with Crippen molar-refractivity contribution in [3.05, 3.63) is 171 Å². The normalized spacial score (nSPS) is 13.9. The van der Waals surface area contributed by atoms with Crippen molar-refractivity contribution in [1.82, 2.24) is 9.55 Å². The standard InChI is InChI=1S/C41H40N2O5/c1-29-36(42-38(47-29)31-14-6-2-7-15-31)26-27-46-35-24-22-30(23-25-35)28-37-39(44)43(40(45)48-37)41(32-16-8-3-9-17-32,33-18-10-4-11-19-33)34-20-12-5-13-21-34/h3-5,8-13,16-25,31,44H,2,6-7,14-15,26-28H2,1H3. The van der Waals surface area contributed by atoms with Gasteiger partial charge in [0, 0.05) is 18.8 Å². The van der Waals surface area contributed by atoms with Gasteiger partial charge in [0.05, 0.1) is 12.3 Å². The Hall–Kier alpha value is -5.30. The number of aromatic hydroxyl groups is 1. The van der Waals surface area contributed by atoms with E-state index in [0.29, 0.717) is 18.9 Å². The van der Waals surface area contributed by atoms with Gasteiger partial charge in [0.15, 0.2) is 11.7 Å². The molecule has 0 bridgehead atoms. The van der Waals surface area contributed by atoms with Gasteiger partial charge in [-0.05, 0) is 54.2 Å². The molecule has 0 aliphatic heterocycles. The number of hydrogen-bond donors (Lipinski definition) is 1. The lowest BCUT2D eigenvalue weighted by molar-refractivity contribution is 0.319. The van der Waals surface area contributed by atoms with Crippen LogP contribution < -0.4 is 10.5 Å². The van der Waals surface area contributed by atoms with E-state index >= 15 is 0 Å². The van der Waals surface area contributed by atoms with E-state index in [1.807, 2.05) is 122 Å². The summed E-state index contributed by atoms with van der Waals surface area (Å²) in [6.45, 7) is 2.46. The highest BCUT2D eigenvalue weighted by Crippen LogP contribution is 2.43. The Labute approximate surface area is 280 Å². The van der Waals surface area contributed by atoms with E-state index < -0.39 is 11.3 Å². The molecule has 6 aromatic rings. The molecule has 0 radical (unpaired) electrons. The molecule has 7 heteroatoms. The second kappa shape index (κ2) is 13.8. The fourth-order valence-electron chi connectivity index (χ4n) is 7.11. The number of rotatable bonds is 11. The van der Waals surface area contributed by atoms with E-state index in [1.165, 1.54) is 23.8 Å². The number of oxazole rings is 2. The van der Waals surface area contributed by atoms with Crippen LogP contribution in [0.25, 0.3) is 0 Å². The molecular weight excluding hydrogens is 600 g/mol. The Balaban J connectivity index is 1.12. The van der Waals surface area contributed by atoms with Crippen molar-refractivity contribution in [2.24, 2.45) is 0 Å². The maximum atomic E-state index is 13.8. The van der Waals surface area contributed by atoms with Gasteiger partial charge in [-0.2, -0.15) is 0 Å². The van der Waals surface area contributed by atoms with Gasteiger partial charge in [-0.15, -0.1) is 0 Å². The van der Waals surface area contributed by atoms with E-state index in [4.69, 9.17) is 18.6 Å². The van der Waals surface area contributed by atoms with Gasteiger partial charge in [0.2, 0.25) is 5.88 Å². The Bertz CT molecular complexity index is 1890. The van der Waals surface area contributed by atoms with Crippen molar-refractivity contribution in [1.29, 1.82) is 0 Å². The molecule has 1 aliphatic rings. The molecule has 7 rings (SSSR count). The number of nitrogens with zero attached hydrogens (tertiary/aromatic N) is 2. The van der Waals surface area contributed by atoms with Gasteiger partial charge in [0.25, 0.3) is 0 Å². The van der Waals surface area contributed by atoms with Crippen LogP contribution in [0.2, 0.25) is 0 Å².